The van der Waals surface area contributed by atoms with Crippen LogP contribution in [0.4, 0.5) is 0 Å². The lowest BCUT2D eigenvalue weighted by Gasteiger charge is -2.21. The van der Waals surface area contributed by atoms with Crippen LogP contribution in [0.15, 0.2) is 29.5 Å². The predicted octanol–water partition coefficient (Wildman–Crippen LogP) is 1.18. The number of amides is 1. The van der Waals surface area contributed by atoms with Crippen molar-refractivity contribution in [2.24, 2.45) is 0 Å². The number of nitrogens with zero attached hydrogens (tertiary/aromatic N) is 1. The molecule has 0 radical (unpaired) electrons. The summed E-state index contributed by atoms with van der Waals surface area (Å²) in [6.45, 7) is 6.15. The molecule has 2 rings (SSSR count). The molecule has 1 aliphatic heterocycles. The van der Waals surface area contributed by atoms with Crippen LogP contribution in [0.3, 0.4) is 0 Å². The summed E-state index contributed by atoms with van der Waals surface area (Å²) in [5, 5.41) is 6.07. The minimum atomic E-state index is 0.0132. The number of rotatable bonds is 4. The van der Waals surface area contributed by atoms with E-state index in [-0.39, 0.29) is 5.91 Å². The van der Waals surface area contributed by atoms with Crippen LogP contribution in [-0.2, 0) is 17.8 Å². The highest BCUT2D eigenvalue weighted by atomic mass is 16.1. The van der Waals surface area contributed by atoms with Crippen LogP contribution in [0.2, 0.25) is 0 Å². The van der Waals surface area contributed by atoms with Gasteiger partial charge in [0.1, 0.15) is 0 Å². The molecule has 0 aromatic carbocycles. The summed E-state index contributed by atoms with van der Waals surface area (Å²) in [6.07, 6.45) is 2.70. The third-order valence-electron chi connectivity index (χ3n) is 3.33. The second-order valence-corrected chi connectivity index (χ2v) is 4.48. The van der Waals surface area contributed by atoms with Crippen molar-refractivity contribution in [2.75, 3.05) is 13.1 Å². The molecule has 4 nitrogen and oxygen atoms in total. The summed E-state index contributed by atoms with van der Waals surface area (Å²) in [5.41, 5.74) is 4.18. The summed E-state index contributed by atoms with van der Waals surface area (Å²) in [7, 11) is 0. The van der Waals surface area contributed by atoms with Gasteiger partial charge in [-0.05, 0) is 30.5 Å². The number of pyridine rings is 1. The van der Waals surface area contributed by atoms with E-state index in [0.717, 1.165) is 30.8 Å². The maximum Gasteiger partial charge on any atom is 0.247 e. The fourth-order valence-electron chi connectivity index (χ4n) is 1.92. The van der Waals surface area contributed by atoms with Gasteiger partial charge in [-0.1, -0.05) is 13.0 Å². The molecule has 1 aromatic rings. The van der Waals surface area contributed by atoms with E-state index in [1.54, 1.807) is 6.20 Å². The molecule has 1 aliphatic rings. The Labute approximate surface area is 108 Å². The normalized spacial score (nSPS) is 14.0. The standard InChI is InChI=1S/C14H19N3O/c1-3-11-5-4-6-16-13(11)9-17-14(18)10(2)12-7-15-8-12/h4-6,15H,3,7-9H2,1-2H3,(H,17,18). The van der Waals surface area contributed by atoms with Gasteiger partial charge in [0, 0.05) is 24.9 Å². The number of nitrogens with one attached hydrogen (secondary N) is 2. The summed E-state index contributed by atoms with van der Waals surface area (Å²) in [5.74, 6) is 0.0132. The molecule has 96 valence electrons. The van der Waals surface area contributed by atoms with E-state index in [9.17, 15) is 4.79 Å². The van der Waals surface area contributed by atoms with Crippen LogP contribution in [-0.4, -0.2) is 24.0 Å². The first kappa shape index (κ1) is 12.8. The number of hydrogen-bond acceptors (Lipinski definition) is 3. The second kappa shape index (κ2) is 5.78. The molecule has 2 heterocycles. The van der Waals surface area contributed by atoms with Gasteiger partial charge in [-0.25, -0.2) is 0 Å². The zero-order valence-electron chi connectivity index (χ0n) is 10.9. The zero-order chi connectivity index (χ0) is 13.0. The van der Waals surface area contributed by atoms with Crippen LogP contribution in [0, 0.1) is 0 Å². The molecule has 4 heteroatoms. The Morgan fingerprint density at radius 3 is 2.89 bits per heavy atom. The molecule has 0 aliphatic carbocycles. The molecule has 18 heavy (non-hydrogen) atoms. The van der Waals surface area contributed by atoms with Crippen molar-refractivity contribution in [3.05, 3.63) is 40.7 Å². The number of hydrogen-bond donors (Lipinski definition) is 2. The first-order valence-corrected chi connectivity index (χ1v) is 6.32. The third-order valence-corrected chi connectivity index (χ3v) is 3.33. The van der Waals surface area contributed by atoms with E-state index >= 15 is 0 Å². The monoisotopic (exact) mass is 245 g/mol. The number of aryl methyl sites for hydroxylation is 1. The van der Waals surface area contributed by atoms with Gasteiger partial charge in [0.05, 0.1) is 12.2 Å². The minimum absolute atomic E-state index is 0.0132. The van der Waals surface area contributed by atoms with Crippen molar-refractivity contribution in [1.29, 1.82) is 0 Å². The maximum atomic E-state index is 11.9. The lowest BCUT2D eigenvalue weighted by molar-refractivity contribution is -0.117. The molecule has 2 N–H and O–H groups in total. The molecule has 0 atom stereocenters. The molecule has 1 amide bonds. The first-order valence-electron chi connectivity index (χ1n) is 6.32. The van der Waals surface area contributed by atoms with Gasteiger partial charge < -0.3 is 10.6 Å². The number of carbonyl (C=O) groups excluding carboxylic acids is 1. The van der Waals surface area contributed by atoms with Gasteiger partial charge in [-0.3, -0.25) is 9.78 Å². The molecule has 0 bridgehead atoms. The van der Waals surface area contributed by atoms with Crippen LogP contribution >= 0.6 is 0 Å². The Morgan fingerprint density at radius 2 is 2.28 bits per heavy atom. The largest absolute Gasteiger partial charge is 0.347 e. The van der Waals surface area contributed by atoms with Gasteiger partial charge in [0.25, 0.3) is 0 Å². The SMILES string of the molecule is CCc1cccnc1CNC(=O)C(C)=C1CNC1. The van der Waals surface area contributed by atoms with Crippen molar-refractivity contribution in [3.63, 3.8) is 0 Å². The minimum Gasteiger partial charge on any atom is -0.347 e. The lowest BCUT2D eigenvalue weighted by atomic mass is 10.0. The Hall–Kier alpha value is -1.68. The van der Waals surface area contributed by atoms with E-state index in [1.807, 2.05) is 13.0 Å². The van der Waals surface area contributed by atoms with E-state index in [0.29, 0.717) is 6.54 Å². The van der Waals surface area contributed by atoms with Gasteiger partial charge in [-0.2, -0.15) is 0 Å². The van der Waals surface area contributed by atoms with E-state index < -0.39 is 0 Å². The molecular weight excluding hydrogens is 226 g/mol. The molecule has 1 fully saturated rings. The fraction of sp³-hybridized carbons (Fsp3) is 0.429. The molecule has 1 aromatic heterocycles. The third kappa shape index (κ3) is 2.76. The topological polar surface area (TPSA) is 54.0 Å². The first-order chi connectivity index (χ1) is 8.72. The maximum absolute atomic E-state index is 11.9. The van der Waals surface area contributed by atoms with Crippen molar-refractivity contribution >= 4 is 5.91 Å². The Bertz CT molecular complexity index is 474. The highest BCUT2D eigenvalue weighted by molar-refractivity contribution is 5.93. The molecule has 1 saturated heterocycles. The van der Waals surface area contributed by atoms with Crippen molar-refractivity contribution in [1.82, 2.24) is 15.6 Å². The quantitative estimate of drug-likeness (QED) is 0.783. The number of carbonyl (C=O) groups is 1. The highest BCUT2D eigenvalue weighted by Crippen LogP contribution is 2.10. The summed E-state index contributed by atoms with van der Waals surface area (Å²) >= 11 is 0. The average Bonchev–Trinajstić information content (AvgIpc) is 2.34. The van der Waals surface area contributed by atoms with Gasteiger partial charge >= 0.3 is 0 Å². The van der Waals surface area contributed by atoms with Gasteiger partial charge in [-0.15, -0.1) is 0 Å². The van der Waals surface area contributed by atoms with E-state index in [2.05, 4.69) is 28.6 Å². The summed E-state index contributed by atoms with van der Waals surface area (Å²) in [6, 6.07) is 3.98. The summed E-state index contributed by atoms with van der Waals surface area (Å²) in [4.78, 5) is 16.2. The van der Waals surface area contributed by atoms with Crippen molar-refractivity contribution in [2.45, 2.75) is 26.8 Å². The van der Waals surface area contributed by atoms with Gasteiger partial charge in [0.2, 0.25) is 5.91 Å². The van der Waals surface area contributed by atoms with Crippen LogP contribution in [0.25, 0.3) is 0 Å². The molecule has 0 saturated carbocycles. The average molecular weight is 245 g/mol. The van der Waals surface area contributed by atoms with Gasteiger partial charge in [0.15, 0.2) is 0 Å². The smallest absolute Gasteiger partial charge is 0.247 e. The van der Waals surface area contributed by atoms with Crippen molar-refractivity contribution in [3.8, 4) is 0 Å². The molecule has 0 spiro atoms. The number of aromatic nitrogens is 1. The fourth-order valence-corrected chi connectivity index (χ4v) is 1.92. The second-order valence-electron chi connectivity index (χ2n) is 4.48. The Balaban J connectivity index is 1.97. The highest BCUT2D eigenvalue weighted by Gasteiger charge is 2.15. The van der Waals surface area contributed by atoms with Crippen LogP contribution in [0.1, 0.15) is 25.1 Å². The Morgan fingerprint density at radius 1 is 1.50 bits per heavy atom. The predicted molar refractivity (Wildman–Crippen MR) is 71.0 cm³/mol. The van der Waals surface area contributed by atoms with Crippen molar-refractivity contribution < 1.29 is 4.79 Å². The molecular formula is C14H19N3O. The van der Waals surface area contributed by atoms with E-state index in [4.69, 9.17) is 0 Å². The lowest BCUT2D eigenvalue weighted by Crippen LogP contribution is -2.37. The van der Waals surface area contributed by atoms with E-state index in [1.165, 1.54) is 11.1 Å². The van der Waals surface area contributed by atoms with Crippen LogP contribution < -0.4 is 10.6 Å². The Kier molecular flexibility index (Phi) is 4.10. The zero-order valence-corrected chi connectivity index (χ0v) is 10.9. The van der Waals surface area contributed by atoms with Crippen LogP contribution in [0.5, 0.6) is 0 Å². The summed E-state index contributed by atoms with van der Waals surface area (Å²) < 4.78 is 0. The molecule has 0 unspecified atom stereocenters.